The van der Waals surface area contributed by atoms with Crippen molar-refractivity contribution in [2.24, 2.45) is 5.73 Å². The fourth-order valence-electron chi connectivity index (χ4n) is 1.02. The Morgan fingerprint density at radius 3 is 2.62 bits per heavy atom. The number of rotatable bonds is 7. The predicted octanol–water partition coefficient (Wildman–Crippen LogP) is 0.135. The van der Waals surface area contributed by atoms with Gasteiger partial charge in [-0.05, 0) is 32.3 Å². The minimum atomic E-state index is -0.646. The fourth-order valence-corrected chi connectivity index (χ4v) is 1.51. The molecule has 2 atom stereocenters. The molecule has 0 saturated carbocycles. The standard InChI is InChI=1S/C10H20N2O3S/c1-4-15-10(14)7(2)12-9(13)8(11)5-6-16-3/h7-8H,4-6,11H2,1-3H3,(H,12,13)/t7?,8-/m0/s1. The van der Waals surface area contributed by atoms with Crippen LogP contribution in [0.2, 0.25) is 0 Å². The van der Waals surface area contributed by atoms with Crippen LogP contribution in [0, 0.1) is 0 Å². The molecule has 0 aliphatic rings. The Hall–Kier alpha value is -0.750. The van der Waals surface area contributed by atoms with Gasteiger partial charge >= 0.3 is 5.97 Å². The van der Waals surface area contributed by atoms with Gasteiger partial charge in [0.15, 0.2) is 0 Å². The minimum absolute atomic E-state index is 0.303. The fraction of sp³-hybridized carbons (Fsp3) is 0.800. The van der Waals surface area contributed by atoms with Gasteiger partial charge in [0, 0.05) is 0 Å². The van der Waals surface area contributed by atoms with Crippen molar-refractivity contribution in [3.05, 3.63) is 0 Å². The molecular weight excluding hydrogens is 228 g/mol. The number of nitrogens with two attached hydrogens (primary N) is 1. The second-order valence-corrected chi connectivity index (χ2v) is 4.36. The first-order valence-corrected chi connectivity index (χ1v) is 6.63. The summed E-state index contributed by atoms with van der Waals surface area (Å²) in [5.74, 6) is 0.0741. The van der Waals surface area contributed by atoms with E-state index in [4.69, 9.17) is 10.5 Å². The van der Waals surface area contributed by atoms with Crippen LogP contribution in [0.3, 0.4) is 0 Å². The van der Waals surface area contributed by atoms with Crippen LogP contribution >= 0.6 is 11.8 Å². The molecule has 0 heterocycles. The Morgan fingerprint density at radius 1 is 1.50 bits per heavy atom. The summed E-state index contributed by atoms with van der Waals surface area (Å²) in [7, 11) is 0. The maximum atomic E-state index is 11.5. The molecule has 1 unspecified atom stereocenters. The molecule has 0 spiro atoms. The number of amides is 1. The highest BCUT2D eigenvalue weighted by molar-refractivity contribution is 7.98. The number of thioether (sulfide) groups is 1. The van der Waals surface area contributed by atoms with Crippen molar-refractivity contribution in [3.8, 4) is 0 Å². The number of carbonyl (C=O) groups is 2. The highest BCUT2D eigenvalue weighted by atomic mass is 32.2. The van der Waals surface area contributed by atoms with Gasteiger partial charge in [-0.25, -0.2) is 4.79 Å². The van der Waals surface area contributed by atoms with Crippen LogP contribution in [0.1, 0.15) is 20.3 Å². The molecule has 0 aromatic carbocycles. The number of hydrogen-bond donors (Lipinski definition) is 2. The molecule has 0 aliphatic heterocycles. The third-order valence-electron chi connectivity index (χ3n) is 1.97. The zero-order chi connectivity index (χ0) is 12.6. The maximum absolute atomic E-state index is 11.5. The summed E-state index contributed by atoms with van der Waals surface area (Å²) in [5, 5.41) is 2.53. The second kappa shape index (κ2) is 8.41. The lowest BCUT2D eigenvalue weighted by Gasteiger charge is -2.16. The topological polar surface area (TPSA) is 81.4 Å². The Labute approximate surface area is 100 Å². The van der Waals surface area contributed by atoms with Crippen molar-refractivity contribution in [1.82, 2.24) is 5.32 Å². The molecule has 0 rings (SSSR count). The van der Waals surface area contributed by atoms with Crippen LogP contribution in [0.5, 0.6) is 0 Å². The summed E-state index contributed by atoms with van der Waals surface area (Å²) in [6.45, 7) is 3.60. The van der Waals surface area contributed by atoms with Crippen molar-refractivity contribution in [2.75, 3.05) is 18.6 Å². The van der Waals surface area contributed by atoms with E-state index in [1.165, 1.54) is 0 Å². The van der Waals surface area contributed by atoms with Crippen molar-refractivity contribution in [1.29, 1.82) is 0 Å². The summed E-state index contributed by atoms with van der Waals surface area (Å²) >= 11 is 1.63. The van der Waals surface area contributed by atoms with Crippen LogP contribution in [0.15, 0.2) is 0 Å². The SMILES string of the molecule is CCOC(=O)C(C)NC(=O)[C@@H](N)CCSC. The molecule has 0 aromatic rings. The first-order chi connectivity index (χ1) is 7.52. The smallest absolute Gasteiger partial charge is 0.328 e. The van der Waals surface area contributed by atoms with Gasteiger partial charge in [0.2, 0.25) is 5.91 Å². The quantitative estimate of drug-likeness (QED) is 0.626. The summed E-state index contributed by atoms with van der Waals surface area (Å²) < 4.78 is 4.77. The van der Waals surface area contributed by atoms with E-state index < -0.39 is 18.1 Å². The molecule has 1 amide bonds. The van der Waals surface area contributed by atoms with Gasteiger partial charge in [0.05, 0.1) is 12.6 Å². The number of ether oxygens (including phenoxy) is 1. The van der Waals surface area contributed by atoms with Gasteiger partial charge in [-0.2, -0.15) is 11.8 Å². The predicted molar refractivity (Wildman–Crippen MR) is 65.2 cm³/mol. The highest BCUT2D eigenvalue weighted by Gasteiger charge is 2.20. The van der Waals surface area contributed by atoms with E-state index in [9.17, 15) is 9.59 Å². The summed E-state index contributed by atoms with van der Waals surface area (Å²) in [4.78, 5) is 22.7. The first-order valence-electron chi connectivity index (χ1n) is 5.24. The molecule has 6 heteroatoms. The van der Waals surface area contributed by atoms with Crippen molar-refractivity contribution in [3.63, 3.8) is 0 Å². The molecule has 3 N–H and O–H groups in total. The lowest BCUT2D eigenvalue weighted by atomic mass is 10.2. The van der Waals surface area contributed by atoms with E-state index >= 15 is 0 Å². The van der Waals surface area contributed by atoms with Gasteiger partial charge in [-0.1, -0.05) is 0 Å². The summed E-state index contributed by atoms with van der Waals surface area (Å²) in [5.41, 5.74) is 5.65. The zero-order valence-corrected chi connectivity index (χ0v) is 10.8. The minimum Gasteiger partial charge on any atom is -0.464 e. The van der Waals surface area contributed by atoms with Crippen LogP contribution in [0.4, 0.5) is 0 Å². The van der Waals surface area contributed by atoms with Crippen molar-refractivity contribution in [2.45, 2.75) is 32.4 Å². The molecule has 0 saturated heterocycles. The van der Waals surface area contributed by atoms with E-state index in [0.717, 1.165) is 5.75 Å². The second-order valence-electron chi connectivity index (χ2n) is 3.37. The van der Waals surface area contributed by atoms with Gasteiger partial charge in [0.1, 0.15) is 6.04 Å². The molecular formula is C10H20N2O3S. The Morgan fingerprint density at radius 2 is 2.12 bits per heavy atom. The highest BCUT2D eigenvalue weighted by Crippen LogP contribution is 1.99. The Kier molecular flexibility index (Phi) is 8.01. The average molecular weight is 248 g/mol. The van der Waals surface area contributed by atoms with E-state index in [-0.39, 0.29) is 5.91 Å². The largest absolute Gasteiger partial charge is 0.464 e. The number of nitrogens with one attached hydrogen (secondary N) is 1. The normalized spacial score (nSPS) is 14.0. The Bertz CT molecular complexity index is 236. The monoisotopic (exact) mass is 248 g/mol. The lowest BCUT2D eigenvalue weighted by Crippen LogP contribution is -2.47. The average Bonchev–Trinajstić information content (AvgIpc) is 2.25. The molecule has 16 heavy (non-hydrogen) atoms. The van der Waals surface area contributed by atoms with Crippen LogP contribution in [0.25, 0.3) is 0 Å². The van der Waals surface area contributed by atoms with Crippen LogP contribution in [-0.4, -0.2) is 42.6 Å². The number of hydrogen-bond acceptors (Lipinski definition) is 5. The van der Waals surface area contributed by atoms with Crippen LogP contribution < -0.4 is 11.1 Å². The zero-order valence-electron chi connectivity index (χ0n) is 9.99. The summed E-state index contributed by atoms with van der Waals surface area (Å²) in [6, 6.07) is -1.21. The summed E-state index contributed by atoms with van der Waals surface area (Å²) in [6.07, 6.45) is 2.55. The van der Waals surface area contributed by atoms with Gasteiger partial charge in [-0.3, -0.25) is 4.79 Å². The van der Waals surface area contributed by atoms with Crippen molar-refractivity contribution >= 4 is 23.6 Å². The molecule has 0 bridgehead atoms. The molecule has 5 nitrogen and oxygen atoms in total. The first kappa shape index (κ1) is 15.2. The number of carbonyl (C=O) groups excluding carboxylic acids is 2. The molecule has 94 valence electrons. The van der Waals surface area contributed by atoms with Gasteiger partial charge in [-0.15, -0.1) is 0 Å². The van der Waals surface area contributed by atoms with E-state index in [1.54, 1.807) is 25.6 Å². The molecule has 0 aromatic heterocycles. The third kappa shape index (κ3) is 5.97. The van der Waals surface area contributed by atoms with Gasteiger partial charge < -0.3 is 15.8 Å². The van der Waals surface area contributed by atoms with E-state index in [0.29, 0.717) is 13.0 Å². The van der Waals surface area contributed by atoms with E-state index in [2.05, 4.69) is 5.32 Å². The maximum Gasteiger partial charge on any atom is 0.328 e. The number of esters is 1. The van der Waals surface area contributed by atoms with E-state index in [1.807, 2.05) is 6.26 Å². The van der Waals surface area contributed by atoms with Crippen molar-refractivity contribution < 1.29 is 14.3 Å². The third-order valence-corrected chi connectivity index (χ3v) is 2.61. The van der Waals surface area contributed by atoms with Gasteiger partial charge in [0.25, 0.3) is 0 Å². The molecule has 0 fully saturated rings. The molecule has 0 radical (unpaired) electrons. The van der Waals surface area contributed by atoms with Crippen LogP contribution in [-0.2, 0) is 14.3 Å². The Balaban J connectivity index is 3.97. The lowest BCUT2D eigenvalue weighted by molar-refractivity contribution is -0.147. The molecule has 0 aliphatic carbocycles.